The number of hydrogen-bond acceptors (Lipinski definition) is 8. The molecule has 0 aliphatic heterocycles. The summed E-state index contributed by atoms with van der Waals surface area (Å²) in [5.74, 6) is -0.921. The topological polar surface area (TPSA) is 134 Å². The molecule has 2 atom stereocenters. The summed E-state index contributed by atoms with van der Waals surface area (Å²) in [7, 11) is -4.41. The predicted octanol–water partition coefficient (Wildman–Crippen LogP) is 17.0. The van der Waals surface area contributed by atoms with Crippen LogP contribution in [0.5, 0.6) is 0 Å². The van der Waals surface area contributed by atoms with Crippen LogP contribution in [0.1, 0.15) is 245 Å². The Morgan fingerprint density at radius 1 is 0.463 bits per heavy atom. The zero-order chi connectivity index (χ0) is 48.8. The van der Waals surface area contributed by atoms with Gasteiger partial charge in [-0.1, -0.05) is 254 Å². The summed E-state index contributed by atoms with van der Waals surface area (Å²) in [6.45, 7) is 3.56. The molecule has 2 unspecified atom stereocenters. The summed E-state index contributed by atoms with van der Waals surface area (Å²) in [5, 5.41) is 0. The Balaban J connectivity index is 4.03. The number of nitrogens with two attached hydrogens (primary N) is 1. The summed E-state index contributed by atoms with van der Waals surface area (Å²) < 4.78 is 32.9. The smallest absolute Gasteiger partial charge is 0.462 e. The minimum Gasteiger partial charge on any atom is -0.462 e. The third-order valence-electron chi connectivity index (χ3n) is 11.6. The van der Waals surface area contributed by atoms with Crippen molar-refractivity contribution >= 4 is 19.8 Å². The first kappa shape index (κ1) is 64.5. The van der Waals surface area contributed by atoms with Crippen molar-refractivity contribution in [2.45, 2.75) is 251 Å². The van der Waals surface area contributed by atoms with E-state index in [9.17, 15) is 19.0 Å². The first-order valence-corrected chi connectivity index (χ1v) is 28.9. The van der Waals surface area contributed by atoms with E-state index >= 15 is 0 Å². The van der Waals surface area contributed by atoms with Gasteiger partial charge in [0.05, 0.1) is 13.2 Å². The fourth-order valence-electron chi connectivity index (χ4n) is 7.60. The van der Waals surface area contributed by atoms with Crippen LogP contribution in [0.4, 0.5) is 0 Å². The molecule has 67 heavy (non-hydrogen) atoms. The van der Waals surface area contributed by atoms with Crippen molar-refractivity contribution in [3.8, 4) is 0 Å². The second-order valence-corrected chi connectivity index (χ2v) is 19.5. The SMILES string of the molecule is CC/C=C\C/C=C\C/C=C\C/C=C\C/C=C\C/C=C\CCC(=O)OC(COC(=O)CCCCCCCCCCCCCCCCCCCCCCCCCCCCC)COP(=O)(O)OCCN. The molecule has 0 aliphatic rings. The molecule has 0 saturated carbocycles. The fraction of sp³-hybridized carbons (Fsp3) is 0.754. The molecule has 0 aromatic heterocycles. The molecule has 0 aromatic rings. The van der Waals surface area contributed by atoms with Gasteiger partial charge in [0.1, 0.15) is 6.61 Å². The first-order chi connectivity index (χ1) is 32.8. The number of ether oxygens (including phenoxy) is 2. The summed E-state index contributed by atoms with van der Waals surface area (Å²) >= 11 is 0. The van der Waals surface area contributed by atoms with E-state index in [-0.39, 0.29) is 32.6 Å². The van der Waals surface area contributed by atoms with Gasteiger partial charge >= 0.3 is 19.8 Å². The molecule has 0 aliphatic carbocycles. The molecular weight excluding hydrogens is 858 g/mol. The summed E-state index contributed by atoms with van der Waals surface area (Å²) in [6, 6.07) is 0. The van der Waals surface area contributed by atoms with Gasteiger partial charge in [0.2, 0.25) is 0 Å². The monoisotopic (exact) mass is 960 g/mol. The van der Waals surface area contributed by atoms with Gasteiger partial charge in [-0.2, -0.15) is 0 Å². The molecule has 10 heteroatoms. The highest BCUT2D eigenvalue weighted by molar-refractivity contribution is 7.47. The average Bonchev–Trinajstić information content (AvgIpc) is 3.32. The highest BCUT2D eigenvalue weighted by atomic mass is 31.2. The second-order valence-electron chi connectivity index (χ2n) is 18.1. The Labute approximate surface area is 411 Å². The van der Waals surface area contributed by atoms with Crippen molar-refractivity contribution in [2.75, 3.05) is 26.4 Å². The first-order valence-electron chi connectivity index (χ1n) is 27.4. The third kappa shape index (κ3) is 52.7. The minimum atomic E-state index is -4.41. The van der Waals surface area contributed by atoms with E-state index in [4.69, 9.17) is 24.3 Å². The Morgan fingerprint density at radius 3 is 1.19 bits per heavy atom. The highest BCUT2D eigenvalue weighted by Gasteiger charge is 2.26. The van der Waals surface area contributed by atoms with E-state index in [0.29, 0.717) is 6.42 Å². The summed E-state index contributed by atoms with van der Waals surface area (Å²) in [5.41, 5.74) is 5.37. The van der Waals surface area contributed by atoms with E-state index in [1.165, 1.54) is 154 Å². The number of carbonyl (C=O) groups is 2. The van der Waals surface area contributed by atoms with Gasteiger partial charge in [-0.05, 0) is 51.4 Å². The van der Waals surface area contributed by atoms with Gasteiger partial charge in [0.15, 0.2) is 6.10 Å². The molecule has 9 nitrogen and oxygen atoms in total. The van der Waals surface area contributed by atoms with E-state index in [1.54, 1.807) is 0 Å². The lowest BCUT2D eigenvalue weighted by molar-refractivity contribution is -0.161. The molecule has 0 bridgehead atoms. The normalized spacial score (nSPS) is 13.7. The molecule has 0 saturated heterocycles. The lowest BCUT2D eigenvalue weighted by Gasteiger charge is -2.19. The maximum Gasteiger partial charge on any atom is 0.472 e. The molecule has 0 rings (SSSR count). The Hall–Kier alpha value is -2.55. The number of esters is 2. The van der Waals surface area contributed by atoms with Crippen LogP contribution in [0.15, 0.2) is 72.9 Å². The molecule has 0 aromatic carbocycles. The standard InChI is InChI=1S/C57H102NO8P/c1-3-5-7-9-11-13-15-17-19-21-23-24-25-26-27-28-29-30-32-33-35-37-39-41-43-45-47-49-56(59)63-53-55(54-65-67(61,62)64-52-51-58)66-57(60)50-48-46-44-42-40-38-36-34-31-22-20-18-16-14-12-10-8-6-4-2/h6,8,12,14,18,20,31,34,38,40,44,46,55H,3-5,7,9-11,13,15-17,19,21-30,32-33,35-37,39,41-43,45,47-54,58H2,1-2H3,(H,61,62)/b8-6-,14-12-,20-18-,34-31-,40-38-,46-44-. The largest absolute Gasteiger partial charge is 0.472 e. The molecule has 0 heterocycles. The van der Waals surface area contributed by atoms with Crippen molar-refractivity contribution in [3.05, 3.63) is 72.9 Å². The second kappa shape index (κ2) is 52.8. The van der Waals surface area contributed by atoms with Crippen LogP contribution in [0.3, 0.4) is 0 Å². The Morgan fingerprint density at radius 2 is 0.821 bits per heavy atom. The predicted molar refractivity (Wildman–Crippen MR) is 284 cm³/mol. The van der Waals surface area contributed by atoms with Crippen molar-refractivity contribution < 1.29 is 37.6 Å². The number of phosphoric ester groups is 1. The van der Waals surface area contributed by atoms with Gasteiger partial charge in [-0.3, -0.25) is 18.6 Å². The third-order valence-corrected chi connectivity index (χ3v) is 12.6. The van der Waals surface area contributed by atoms with Crippen LogP contribution in [0.2, 0.25) is 0 Å². The van der Waals surface area contributed by atoms with E-state index in [0.717, 1.165) is 57.8 Å². The highest BCUT2D eigenvalue weighted by Crippen LogP contribution is 2.43. The number of carbonyl (C=O) groups excluding carboxylic acids is 2. The molecule has 0 amide bonds. The quantitative estimate of drug-likeness (QED) is 0.0264. The fourth-order valence-corrected chi connectivity index (χ4v) is 8.37. The maximum atomic E-state index is 12.6. The van der Waals surface area contributed by atoms with Crippen molar-refractivity contribution in [1.82, 2.24) is 0 Å². The number of allylic oxidation sites excluding steroid dienone is 12. The minimum absolute atomic E-state index is 0.0399. The van der Waals surface area contributed by atoms with Gasteiger partial charge < -0.3 is 20.1 Å². The number of hydrogen-bond donors (Lipinski definition) is 2. The molecule has 0 fully saturated rings. The van der Waals surface area contributed by atoms with Crippen LogP contribution in [-0.4, -0.2) is 49.3 Å². The number of phosphoric acid groups is 1. The van der Waals surface area contributed by atoms with Crippen LogP contribution in [-0.2, 0) is 32.7 Å². The summed E-state index contributed by atoms with van der Waals surface area (Å²) in [6.07, 6.45) is 67.0. The van der Waals surface area contributed by atoms with Crippen molar-refractivity contribution in [1.29, 1.82) is 0 Å². The Bertz CT molecular complexity index is 1320. The average molecular weight is 960 g/mol. The van der Waals surface area contributed by atoms with Crippen LogP contribution >= 0.6 is 7.82 Å². The van der Waals surface area contributed by atoms with Crippen LogP contribution in [0, 0.1) is 0 Å². The molecule has 0 spiro atoms. The number of unbranched alkanes of at least 4 members (excludes halogenated alkanes) is 26. The van der Waals surface area contributed by atoms with E-state index in [2.05, 4.69) is 74.6 Å². The molecule has 388 valence electrons. The van der Waals surface area contributed by atoms with Gasteiger partial charge in [-0.25, -0.2) is 4.57 Å². The van der Waals surface area contributed by atoms with Crippen molar-refractivity contribution in [3.63, 3.8) is 0 Å². The van der Waals surface area contributed by atoms with Gasteiger partial charge in [0, 0.05) is 19.4 Å². The van der Waals surface area contributed by atoms with Gasteiger partial charge in [-0.15, -0.1) is 0 Å². The van der Waals surface area contributed by atoms with Crippen LogP contribution in [0.25, 0.3) is 0 Å². The van der Waals surface area contributed by atoms with E-state index < -0.39 is 32.5 Å². The molecule has 0 radical (unpaired) electrons. The zero-order valence-corrected chi connectivity index (χ0v) is 44.0. The van der Waals surface area contributed by atoms with E-state index in [1.807, 2.05) is 12.2 Å². The number of rotatable bonds is 51. The Kier molecular flexibility index (Phi) is 50.8. The lowest BCUT2D eigenvalue weighted by atomic mass is 10.0. The van der Waals surface area contributed by atoms with Crippen molar-refractivity contribution in [2.24, 2.45) is 5.73 Å². The van der Waals surface area contributed by atoms with Gasteiger partial charge in [0.25, 0.3) is 0 Å². The zero-order valence-electron chi connectivity index (χ0n) is 43.1. The molecular formula is C57H102NO8P. The lowest BCUT2D eigenvalue weighted by Crippen LogP contribution is -2.29. The maximum absolute atomic E-state index is 12.6. The summed E-state index contributed by atoms with van der Waals surface area (Å²) in [4.78, 5) is 35.1. The molecule has 3 N–H and O–H groups in total. The van der Waals surface area contributed by atoms with Crippen LogP contribution < -0.4 is 5.73 Å².